The van der Waals surface area contributed by atoms with E-state index < -0.39 is 0 Å². The monoisotopic (exact) mass is 129 g/mol. The molecule has 0 aromatic rings. The fourth-order valence-electron chi connectivity index (χ4n) is 1.78. The summed E-state index contributed by atoms with van der Waals surface area (Å²) in [5, 5.41) is 3.46. The van der Waals surface area contributed by atoms with Crippen LogP contribution in [-0.2, 0) is 0 Å². The predicted octanol–water partition coefficient (Wildman–Crippen LogP) is 2.03. The lowest BCUT2D eigenvalue weighted by molar-refractivity contribution is 0.504. The van der Waals surface area contributed by atoms with Gasteiger partial charge in [0.1, 0.15) is 0 Å². The minimum Gasteiger partial charge on any atom is -0.314 e. The summed E-state index contributed by atoms with van der Waals surface area (Å²) in [5.74, 6) is 1.06. The lowest BCUT2D eigenvalue weighted by Gasteiger charge is -2.08. The topological polar surface area (TPSA) is 12.0 Å². The van der Waals surface area contributed by atoms with Gasteiger partial charge >= 0.3 is 0 Å². The molecule has 2 unspecified atom stereocenters. The highest BCUT2D eigenvalue weighted by molar-refractivity contribution is 4.88. The third-order valence-electron chi connectivity index (χ3n) is 2.24. The molecule has 2 atom stereocenters. The third kappa shape index (κ3) is 1.45. The molecule has 0 amide bonds. The predicted molar refractivity (Wildman–Crippen MR) is 42.6 cm³/mol. The van der Waals surface area contributed by atoms with Crippen LogP contribution in [0.4, 0.5) is 0 Å². The molecular weight excluding hydrogens is 110 g/mol. The first kappa shape index (κ1) is 7.07. The van der Waals surface area contributed by atoms with E-state index >= 15 is 0 Å². The van der Waals surface area contributed by atoms with Crippen LogP contribution < -0.4 is 5.32 Å². The van der Waals surface area contributed by atoms with Crippen LogP contribution in [-0.4, -0.2) is 12.6 Å². The van der Waals surface area contributed by atoms with Crippen molar-refractivity contribution in [2.75, 3.05) is 6.54 Å². The van der Waals surface area contributed by atoms with E-state index in [1.165, 1.54) is 25.8 Å². The second kappa shape index (κ2) is 3.21. The van der Waals surface area contributed by atoms with Gasteiger partial charge in [0.2, 0.25) is 0 Å². The van der Waals surface area contributed by atoms with Crippen LogP contribution in [0.15, 0.2) is 0 Å². The van der Waals surface area contributed by atoms with Gasteiger partial charge in [-0.15, -0.1) is 0 Å². The molecule has 2 fully saturated rings. The Morgan fingerprint density at radius 2 is 2.11 bits per heavy atom. The first-order valence-corrected chi connectivity index (χ1v) is 4.18. The molecule has 2 aliphatic rings. The first-order chi connectivity index (χ1) is 4.45. The summed E-state index contributed by atoms with van der Waals surface area (Å²) in [5.41, 5.74) is 0. The molecule has 1 aliphatic heterocycles. The summed E-state index contributed by atoms with van der Waals surface area (Å²) >= 11 is 0. The average molecular weight is 129 g/mol. The van der Waals surface area contributed by atoms with Crippen LogP contribution in [0.2, 0.25) is 0 Å². The number of hydrogen-bond donors (Lipinski definition) is 1. The van der Waals surface area contributed by atoms with Crippen LogP contribution in [0, 0.1) is 5.92 Å². The lowest BCUT2D eigenvalue weighted by atomic mass is 10.1. The van der Waals surface area contributed by atoms with E-state index in [9.17, 15) is 0 Å². The van der Waals surface area contributed by atoms with Gasteiger partial charge in [-0.05, 0) is 31.7 Å². The molecule has 1 heteroatoms. The fourth-order valence-corrected chi connectivity index (χ4v) is 1.78. The normalized spacial score (nSPS) is 38.0. The maximum absolute atomic E-state index is 3.46. The van der Waals surface area contributed by atoms with Crippen molar-refractivity contribution in [3.05, 3.63) is 0 Å². The van der Waals surface area contributed by atoms with Gasteiger partial charge in [0.25, 0.3) is 0 Å². The molecular formula is C8H19N. The molecule has 0 radical (unpaired) electrons. The Morgan fingerprint density at radius 1 is 1.33 bits per heavy atom. The zero-order valence-corrected chi connectivity index (χ0v) is 6.48. The molecule has 0 aromatic carbocycles. The van der Waals surface area contributed by atoms with Gasteiger partial charge in [0.05, 0.1) is 0 Å². The standard InChI is InChI=1S/C6H11N.C2H6.H2/c1-2-6-3-5(1)4-7-6;1-2;/h5-7H,1-4H2;1-2H3;1H. The van der Waals surface area contributed by atoms with Gasteiger partial charge in [-0.25, -0.2) is 0 Å². The molecule has 1 saturated heterocycles. The van der Waals surface area contributed by atoms with Crippen molar-refractivity contribution in [2.24, 2.45) is 5.92 Å². The van der Waals surface area contributed by atoms with Gasteiger partial charge in [0.15, 0.2) is 0 Å². The fraction of sp³-hybridized carbons (Fsp3) is 1.00. The molecule has 9 heavy (non-hydrogen) atoms. The van der Waals surface area contributed by atoms with E-state index in [1.807, 2.05) is 13.8 Å². The molecule has 1 heterocycles. The van der Waals surface area contributed by atoms with Gasteiger partial charge in [-0.1, -0.05) is 13.8 Å². The van der Waals surface area contributed by atoms with Gasteiger partial charge in [-0.2, -0.15) is 0 Å². The van der Waals surface area contributed by atoms with Crippen molar-refractivity contribution < 1.29 is 1.43 Å². The molecule has 1 aliphatic carbocycles. The third-order valence-corrected chi connectivity index (χ3v) is 2.24. The summed E-state index contributed by atoms with van der Waals surface area (Å²) in [4.78, 5) is 0. The van der Waals surface area contributed by atoms with E-state index in [2.05, 4.69) is 5.32 Å². The Morgan fingerprint density at radius 3 is 2.22 bits per heavy atom. The molecule has 1 saturated carbocycles. The number of piperidine rings is 1. The molecule has 2 rings (SSSR count). The van der Waals surface area contributed by atoms with E-state index in [0.717, 1.165) is 12.0 Å². The van der Waals surface area contributed by atoms with Crippen LogP contribution in [0.1, 0.15) is 34.5 Å². The van der Waals surface area contributed by atoms with Crippen molar-refractivity contribution in [1.29, 1.82) is 0 Å². The summed E-state index contributed by atoms with van der Waals surface area (Å²) in [6.45, 7) is 5.31. The number of rotatable bonds is 0. The number of nitrogens with one attached hydrogen (secondary N) is 1. The molecule has 1 N–H and O–H groups in total. The minimum atomic E-state index is 0. The number of hydrogen-bond acceptors (Lipinski definition) is 1. The zero-order valence-electron chi connectivity index (χ0n) is 6.48. The van der Waals surface area contributed by atoms with E-state index in [1.54, 1.807) is 0 Å². The Bertz CT molecular complexity index is 67.3. The van der Waals surface area contributed by atoms with Gasteiger partial charge < -0.3 is 5.32 Å². The SMILES string of the molecule is C1CC2CC1CN2.CC.[HH]. The Hall–Kier alpha value is -0.0400. The highest BCUT2D eigenvalue weighted by atomic mass is 15.0. The Balaban J connectivity index is 0.000000251. The van der Waals surface area contributed by atoms with Crippen molar-refractivity contribution in [2.45, 2.75) is 39.2 Å². The van der Waals surface area contributed by atoms with Gasteiger partial charge in [0, 0.05) is 7.47 Å². The van der Waals surface area contributed by atoms with Crippen molar-refractivity contribution in [3.63, 3.8) is 0 Å². The van der Waals surface area contributed by atoms with Crippen LogP contribution in [0.5, 0.6) is 0 Å². The van der Waals surface area contributed by atoms with E-state index in [4.69, 9.17) is 0 Å². The Labute approximate surface area is 59.3 Å². The largest absolute Gasteiger partial charge is 0.314 e. The summed E-state index contributed by atoms with van der Waals surface area (Å²) in [6, 6.07) is 0.921. The van der Waals surface area contributed by atoms with Crippen molar-refractivity contribution >= 4 is 0 Å². The van der Waals surface area contributed by atoms with Crippen LogP contribution in [0.25, 0.3) is 0 Å². The Kier molecular flexibility index (Phi) is 2.52. The van der Waals surface area contributed by atoms with E-state index in [0.29, 0.717) is 0 Å². The molecule has 1 nitrogen and oxygen atoms in total. The number of fused-ring (bicyclic) bond motifs is 2. The first-order valence-electron chi connectivity index (χ1n) is 4.18. The maximum atomic E-state index is 3.46. The second-order valence-corrected chi connectivity index (χ2v) is 2.78. The smallest absolute Gasteiger partial charge is 0.00704 e. The average Bonchev–Trinajstić information content (AvgIpc) is 2.53. The molecule has 56 valence electrons. The lowest BCUT2D eigenvalue weighted by Crippen LogP contribution is -2.23. The molecule has 0 aromatic heterocycles. The highest BCUT2D eigenvalue weighted by Gasteiger charge is 2.30. The summed E-state index contributed by atoms with van der Waals surface area (Å²) in [6.07, 6.45) is 4.42. The van der Waals surface area contributed by atoms with Crippen molar-refractivity contribution in [3.8, 4) is 0 Å². The summed E-state index contributed by atoms with van der Waals surface area (Å²) < 4.78 is 0. The van der Waals surface area contributed by atoms with Crippen LogP contribution in [0.3, 0.4) is 0 Å². The van der Waals surface area contributed by atoms with E-state index in [-0.39, 0.29) is 1.43 Å². The highest BCUT2D eigenvalue weighted by Crippen LogP contribution is 2.29. The maximum Gasteiger partial charge on any atom is 0.00704 e. The molecule has 2 bridgehead atoms. The van der Waals surface area contributed by atoms with Crippen LogP contribution >= 0.6 is 0 Å². The molecule has 0 spiro atoms. The minimum absolute atomic E-state index is 0. The summed E-state index contributed by atoms with van der Waals surface area (Å²) in [7, 11) is 0. The second-order valence-electron chi connectivity index (χ2n) is 2.78. The quantitative estimate of drug-likeness (QED) is 0.527. The van der Waals surface area contributed by atoms with Gasteiger partial charge in [-0.3, -0.25) is 0 Å². The zero-order chi connectivity index (χ0) is 6.69. The van der Waals surface area contributed by atoms with Crippen molar-refractivity contribution in [1.82, 2.24) is 5.32 Å².